The highest BCUT2D eigenvalue weighted by molar-refractivity contribution is 7.20. The van der Waals surface area contributed by atoms with Gasteiger partial charge in [0.2, 0.25) is 5.91 Å². The number of carbonyl (C=O) groups excluding carboxylic acids is 3. The zero-order valence-electron chi connectivity index (χ0n) is 16.4. The summed E-state index contributed by atoms with van der Waals surface area (Å²) >= 11 is 7.10. The van der Waals surface area contributed by atoms with E-state index in [0.717, 1.165) is 12.1 Å². The Morgan fingerprint density at radius 3 is 2.60 bits per heavy atom. The van der Waals surface area contributed by atoms with Crippen molar-refractivity contribution in [1.29, 1.82) is 0 Å². The third-order valence-electron chi connectivity index (χ3n) is 4.44. The Balaban J connectivity index is 1.58. The molecule has 1 aliphatic rings. The van der Waals surface area contributed by atoms with Crippen molar-refractivity contribution in [2.75, 3.05) is 35.3 Å². The molecule has 2 aromatic rings. The third kappa shape index (κ3) is 5.94. The summed E-state index contributed by atoms with van der Waals surface area (Å²) in [7, 11) is 0. The number of ether oxygens (including phenoxy) is 1. The van der Waals surface area contributed by atoms with Crippen molar-refractivity contribution < 1.29 is 19.1 Å². The van der Waals surface area contributed by atoms with Crippen LogP contribution in [0.5, 0.6) is 0 Å². The lowest BCUT2D eigenvalue weighted by molar-refractivity contribution is -0.125. The highest BCUT2D eigenvalue weighted by atomic mass is 35.5. The van der Waals surface area contributed by atoms with Gasteiger partial charge in [0.25, 0.3) is 5.91 Å². The van der Waals surface area contributed by atoms with Gasteiger partial charge < -0.3 is 20.3 Å². The van der Waals surface area contributed by atoms with Crippen molar-refractivity contribution in [3.05, 3.63) is 40.7 Å². The van der Waals surface area contributed by atoms with Crippen LogP contribution in [0.2, 0.25) is 4.34 Å². The Bertz CT molecular complexity index is 902. The molecule has 1 fully saturated rings. The standard InChI is InChI=1S/C20H23ClN4O4S/c1-2-3-15(23-20(28)24-17-9-8-16(21)30-17)19(27)22-13-4-6-14(7-5-13)25-10-11-29-12-18(25)26/h4-9,15H,2-3,10-12H2,1H3,(H,22,27)(H2,23,24,28)/t15-/m1/s1. The predicted molar refractivity (Wildman–Crippen MR) is 118 cm³/mol. The van der Waals surface area contributed by atoms with Crippen molar-refractivity contribution in [3.8, 4) is 0 Å². The first kappa shape index (κ1) is 22.1. The van der Waals surface area contributed by atoms with Crippen LogP contribution in [-0.4, -0.2) is 43.6 Å². The predicted octanol–water partition coefficient (Wildman–Crippen LogP) is 3.69. The van der Waals surface area contributed by atoms with E-state index in [0.29, 0.717) is 34.6 Å². The summed E-state index contributed by atoms with van der Waals surface area (Å²) in [6, 6.07) is 9.23. The fourth-order valence-corrected chi connectivity index (χ4v) is 3.93. The van der Waals surface area contributed by atoms with Crippen molar-refractivity contribution in [2.24, 2.45) is 0 Å². The SMILES string of the molecule is CCC[C@@H](NC(=O)Nc1ccc(Cl)s1)C(=O)Nc1ccc(N2CCOCC2=O)cc1. The molecule has 4 amide bonds. The molecule has 1 saturated heterocycles. The van der Waals surface area contributed by atoms with Gasteiger partial charge in [0, 0.05) is 17.9 Å². The molecule has 1 atom stereocenters. The number of urea groups is 1. The van der Waals surface area contributed by atoms with Crippen LogP contribution in [0.15, 0.2) is 36.4 Å². The molecule has 0 unspecified atom stereocenters. The number of anilines is 3. The molecular formula is C20H23ClN4O4S. The van der Waals surface area contributed by atoms with E-state index >= 15 is 0 Å². The molecule has 30 heavy (non-hydrogen) atoms. The van der Waals surface area contributed by atoms with E-state index in [1.54, 1.807) is 41.3 Å². The molecule has 0 spiro atoms. The molecule has 3 rings (SSSR count). The van der Waals surface area contributed by atoms with Gasteiger partial charge in [0.1, 0.15) is 12.6 Å². The number of benzene rings is 1. The minimum Gasteiger partial charge on any atom is -0.370 e. The first-order valence-electron chi connectivity index (χ1n) is 9.58. The van der Waals surface area contributed by atoms with Gasteiger partial charge in [-0.15, -0.1) is 11.3 Å². The first-order valence-corrected chi connectivity index (χ1v) is 10.8. The highest BCUT2D eigenvalue weighted by Gasteiger charge is 2.22. The normalized spacial score (nSPS) is 14.9. The molecule has 1 aliphatic heterocycles. The maximum Gasteiger partial charge on any atom is 0.320 e. The minimum absolute atomic E-state index is 0.0720. The number of nitrogens with one attached hydrogen (secondary N) is 3. The fraction of sp³-hybridized carbons (Fsp3) is 0.350. The molecule has 0 saturated carbocycles. The summed E-state index contributed by atoms with van der Waals surface area (Å²) in [5, 5.41) is 8.79. The quantitative estimate of drug-likeness (QED) is 0.598. The molecule has 1 aromatic heterocycles. The van der Waals surface area contributed by atoms with Crippen LogP contribution in [0, 0.1) is 0 Å². The Labute approximate surface area is 183 Å². The second kappa shape index (κ2) is 10.4. The minimum atomic E-state index is -0.689. The van der Waals surface area contributed by atoms with Gasteiger partial charge in [-0.3, -0.25) is 14.9 Å². The number of hydrogen-bond donors (Lipinski definition) is 3. The lowest BCUT2D eigenvalue weighted by Gasteiger charge is -2.27. The zero-order chi connectivity index (χ0) is 21.5. The number of nitrogens with zero attached hydrogens (tertiary/aromatic N) is 1. The van der Waals surface area contributed by atoms with Gasteiger partial charge in [-0.2, -0.15) is 0 Å². The molecule has 160 valence electrons. The Kier molecular flexibility index (Phi) is 7.67. The van der Waals surface area contributed by atoms with Crippen molar-refractivity contribution in [1.82, 2.24) is 5.32 Å². The average molecular weight is 451 g/mol. The van der Waals surface area contributed by atoms with Crippen LogP contribution in [0.4, 0.5) is 21.2 Å². The van der Waals surface area contributed by atoms with Crippen LogP contribution >= 0.6 is 22.9 Å². The topological polar surface area (TPSA) is 99.8 Å². The van der Waals surface area contributed by atoms with Gasteiger partial charge in [-0.1, -0.05) is 24.9 Å². The highest BCUT2D eigenvalue weighted by Crippen LogP contribution is 2.26. The van der Waals surface area contributed by atoms with Crippen molar-refractivity contribution in [2.45, 2.75) is 25.8 Å². The van der Waals surface area contributed by atoms with Crippen LogP contribution in [-0.2, 0) is 14.3 Å². The van der Waals surface area contributed by atoms with Gasteiger partial charge in [0.15, 0.2) is 0 Å². The Hall–Kier alpha value is -2.62. The average Bonchev–Trinajstić information content (AvgIpc) is 3.13. The van der Waals surface area contributed by atoms with Gasteiger partial charge in [-0.05, 0) is 42.8 Å². The van der Waals surface area contributed by atoms with E-state index in [1.807, 2.05) is 6.92 Å². The van der Waals surface area contributed by atoms with Crippen LogP contribution in [0.25, 0.3) is 0 Å². The maximum absolute atomic E-state index is 12.7. The smallest absolute Gasteiger partial charge is 0.320 e. The summed E-state index contributed by atoms with van der Waals surface area (Å²) in [4.78, 5) is 38.5. The molecule has 10 heteroatoms. The summed E-state index contributed by atoms with van der Waals surface area (Å²) in [6.45, 7) is 3.00. The number of hydrogen-bond acceptors (Lipinski definition) is 5. The summed E-state index contributed by atoms with van der Waals surface area (Å²) in [6.07, 6.45) is 1.21. The van der Waals surface area contributed by atoms with Crippen molar-refractivity contribution in [3.63, 3.8) is 0 Å². The number of halogens is 1. The fourth-order valence-electron chi connectivity index (χ4n) is 2.99. The number of rotatable bonds is 7. The van der Waals surface area contributed by atoms with E-state index < -0.39 is 12.1 Å². The summed E-state index contributed by atoms with van der Waals surface area (Å²) in [5.41, 5.74) is 1.33. The molecular weight excluding hydrogens is 428 g/mol. The number of thiophene rings is 1. The number of amides is 4. The van der Waals surface area contributed by atoms with Crippen molar-refractivity contribution >= 4 is 57.2 Å². The summed E-state index contributed by atoms with van der Waals surface area (Å²) < 4.78 is 5.70. The Morgan fingerprint density at radius 2 is 1.97 bits per heavy atom. The second-order valence-corrected chi connectivity index (χ2v) is 8.39. The zero-order valence-corrected chi connectivity index (χ0v) is 18.0. The van der Waals surface area contributed by atoms with E-state index in [1.165, 1.54) is 11.3 Å². The molecule has 3 N–H and O–H groups in total. The van der Waals surface area contributed by atoms with Crippen LogP contribution in [0.3, 0.4) is 0 Å². The Morgan fingerprint density at radius 1 is 1.20 bits per heavy atom. The molecule has 1 aromatic carbocycles. The molecule has 0 aliphatic carbocycles. The summed E-state index contributed by atoms with van der Waals surface area (Å²) in [5.74, 6) is -0.408. The van der Waals surface area contributed by atoms with E-state index in [9.17, 15) is 14.4 Å². The molecule has 0 bridgehead atoms. The van der Waals surface area contributed by atoms with Gasteiger partial charge in [0.05, 0.1) is 15.9 Å². The molecule has 2 heterocycles. The maximum atomic E-state index is 12.7. The van der Waals surface area contributed by atoms with E-state index in [2.05, 4.69) is 16.0 Å². The molecule has 0 radical (unpaired) electrons. The first-order chi connectivity index (χ1) is 14.5. The van der Waals surface area contributed by atoms with Crippen LogP contribution < -0.4 is 20.9 Å². The number of morpholine rings is 1. The largest absolute Gasteiger partial charge is 0.370 e. The van der Waals surface area contributed by atoms with E-state index in [-0.39, 0.29) is 18.4 Å². The van der Waals surface area contributed by atoms with E-state index in [4.69, 9.17) is 16.3 Å². The van der Waals surface area contributed by atoms with Gasteiger partial charge in [-0.25, -0.2) is 4.79 Å². The lowest BCUT2D eigenvalue weighted by atomic mass is 10.1. The third-order valence-corrected chi connectivity index (χ3v) is 5.59. The monoisotopic (exact) mass is 450 g/mol. The second-order valence-electron chi connectivity index (χ2n) is 6.68. The number of carbonyl (C=O) groups is 3. The molecule has 8 nitrogen and oxygen atoms in total. The van der Waals surface area contributed by atoms with Crippen LogP contribution in [0.1, 0.15) is 19.8 Å². The van der Waals surface area contributed by atoms with Gasteiger partial charge >= 0.3 is 6.03 Å². The lowest BCUT2D eigenvalue weighted by Crippen LogP contribution is -2.45.